The maximum absolute atomic E-state index is 12.1. The van der Waals surface area contributed by atoms with Gasteiger partial charge in [0, 0.05) is 24.0 Å². The Balaban J connectivity index is 1.54. The van der Waals surface area contributed by atoms with E-state index in [9.17, 15) is 4.79 Å². The van der Waals surface area contributed by atoms with E-state index in [4.69, 9.17) is 16.0 Å². The van der Waals surface area contributed by atoms with Crippen LogP contribution in [0.3, 0.4) is 0 Å². The largest absolute Gasteiger partial charge is 0.467 e. The fourth-order valence-corrected chi connectivity index (χ4v) is 2.24. The van der Waals surface area contributed by atoms with Crippen LogP contribution in [-0.4, -0.2) is 15.9 Å². The Morgan fingerprint density at radius 3 is 2.58 bits per heavy atom. The van der Waals surface area contributed by atoms with Crippen molar-refractivity contribution >= 4 is 23.5 Å². The summed E-state index contributed by atoms with van der Waals surface area (Å²) in [6.45, 7) is 0.821. The van der Waals surface area contributed by atoms with Crippen molar-refractivity contribution in [3.05, 3.63) is 77.0 Å². The number of anilines is 1. The van der Waals surface area contributed by atoms with E-state index in [0.717, 1.165) is 11.3 Å². The van der Waals surface area contributed by atoms with Gasteiger partial charge in [-0.2, -0.15) is 0 Å². The van der Waals surface area contributed by atoms with Gasteiger partial charge in [-0.25, -0.2) is 9.97 Å². The van der Waals surface area contributed by atoms with Gasteiger partial charge < -0.3 is 15.1 Å². The quantitative estimate of drug-likeness (QED) is 0.718. The third-order valence-electron chi connectivity index (χ3n) is 3.31. The van der Waals surface area contributed by atoms with Gasteiger partial charge in [0.15, 0.2) is 0 Å². The SMILES string of the molecule is O=C(NCc1ccccc1Cl)c1cnc(NCc2ccco2)nc1. The highest BCUT2D eigenvalue weighted by atomic mass is 35.5. The number of nitrogens with zero attached hydrogens (tertiary/aromatic N) is 2. The monoisotopic (exact) mass is 342 g/mol. The van der Waals surface area contributed by atoms with Crippen molar-refractivity contribution < 1.29 is 9.21 Å². The van der Waals surface area contributed by atoms with E-state index in [2.05, 4.69) is 20.6 Å². The molecule has 0 saturated carbocycles. The van der Waals surface area contributed by atoms with Gasteiger partial charge in [-0.05, 0) is 23.8 Å². The molecule has 6 nitrogen and oxygen atoms in total. The van der Waals surface area contributed by atoms with Crippen molar-refractivity contribution in [1.29, 1.82) is 0 Å². The van der Waals surface area contributed by atoms with Gasteiger partial charge in [-0.3, -0.25) is 4.79 Å². The summed E-state index contributed by atoms with van der Waals surface area (Å²) in [5.74, 6) is 0.946. The van der Waals surface area contributed by atoms with Gasteiger partial charge in [-0.15, -0.1) is 0 Å². The second-order valence-corrected chi connectivity index (χ2v) is 5.41. The molecule has 122 valence electrons. The number of hydrogen-bond acceptors (Lipinski definition) is 5. The Morgan fingerprint density at radius 2 is 1.88 bits per heavy atom. The summed E-state index contributed by atoms with van der Waals surface area (Å²) < 4.78 is 5.21. The first kappa shape index (κ1) is 16.0. The van der Waals surface area contributed by atoms with Crippen LogP contribution in [-0.2, 0) is 13.1 Å². The second-order valence-electron chi connectivity index (χ2n) is 5.00. The van der Waals surface area contributed by atoms with Crippen molar-refractivity contribution in [3.63, 3.8) is 0 Å². The second kappa shape index (κ2) is 7.61. The minimum Gasteiger partial charge on any atom is -0.467 e. The molecule has 2 N–H and O–H groups in total. The van der Waals surface area contributed by atoms with Crippen molar-refractivity contribution in [2.45, 2.75) is 13.1 Å². The summed E-state index contributed by atoms with van der Waals surface area (Å²) in [4.78, 5) is 20.4. The number of halogens is 1. The van der Waals surface area contributed by atoms with Gasteiger partial charge in [-0.1, -0.05) is 29.8 Å². The van der Waals surface area contributed by atoms with Gasteiger partial charge in [0.2, 0.25) is 5.95 Å². The Bertz CT molecular complexity index is 804. The molecular formula is C17H15ClN4O2. The molecule has 1 aromatic carbocycles. The number of carbonyl (C=O) groups excluding carboxylic acids is 1. The molecule has 3 aromatic rings. The number of furan rings is 1. The molecule has 0 aliphatic rings. The van der Waals surface area contributed by atoms with Crippen LogP contribution in [0.4, 0.5) is 5.95 Å². The molecule has 0 atom stereocenters. The lowest BCUT2D eigenvalue weighted by Gasteiger charge is -2.07. The highest BCUT2D eigenvalue weighted by molar-refractivity contribution is 6.31. The molecule has 2 aromatic heterocycles. The molecule has 0 spiro atoms. The summed E-state index contributed by atoms with van der Waals surface area (Å²) in [6, 6.07) is 11.0. The van der Waals surface area contributed by atoms with E-state index in [0.29, 0.717) is 29.6 Å². The summed E-state index contributed by atoms with van der Waals surface area (Å²) >= 11 is 6.06. The first-order chi connectivity index (χ1) is 11.7. The van der Waals surface area contributed by atoms with Gasteiger partial charge in [0.25, 0.3) is 5.91 Å². The fraction of sp³-hybridized carbons (Fsp3) is 0.118. The Morgan fingerprint density at radius 1 is 1.08 bits per heavy atom. The number of aromatic nitrogens is 2. The maximum Gasteiger partial charge on any atom is 0.254 e. The summed E-state index contributed by atoms with van der Waals surface area (Å²) in [5, 5.41) is 6.42. The van der Waals surface area contributed by atoms with Crippen LogP contribution in [0.1, 0.15) is 21.7 Å². The Hall–Kier alpha value is -2.86. The Kier molecular flexibility index (Phi) is 5.08. The zero-order valence-corrected chi connectivity index (χ0v) is 13.5. The predicted molar refractivity (Wildman–Crippen MR) is 90.7 cm³/mol. The van der Waals surface area contributed by atoms with E-state index in [-0.39, 0.29) is 5.91 Å². The number of rotatable bonds is 6. The molecule has 7 heteroatoms. The minimum absolute atomic E-state index is 0.257. The summed E-state index contributed by atoms with van der Waals surface area (Å²) in [6.07, 6.45) is 4.54. The third-order valence-corrected chi connectivity index (χ3v) is 3.68. The molecule has 0 unspecified atom stereocenters. The topological polar surface area (TPSA) is 80.0 Å². The van der Waals surface area contributed by atoms with Crippen LogP contribution in [0.25, 0.3) is 0 Å². The molecule has 0 aliphatic heterocycles. The van der Waals surface area contributed by atoms with E-state index in [1.807, 2.05) is 30.3 Å². The van der Waals surface area contributed by atoms with Crippen molar-refractivity contribution in [2.24, 2.45) is 0 Å². The number of nitrogens with one attached hydrogen (secondary N) is 2. The van der Waals surface area contributed by atoms with Gasteiger partial charge in [0.05, 0.1) is 18.4 Å². The zero-order valence-electron chi connectivity index (χ0n) is 12.7. The van der Waals surface area contributed by atoms with Crippen molar-refractivity contribution in [2.75, 3.05) is 5.32 Å². The molecule has 1 amide bonds. The van der Waals surface area contributed by atoms with Crippen LogP contribution >= 0.6 is 11.6 Å². The molecule has 0 radical (unpaired) electrons. The Labute approximate surface area is 143 Å². The van der Waals surface area contributed by atoms with Gasteiger partial charge >= 0.3 is 0 Å². The van der Waals surface area contributed by atoms with Crippen molar-refractivity contribution in [1.82, 2.24) is 15.3 Å². The van der Waals surface area contributed by atoms with Crippen LogP contribution in [0, 0.1) is 0 Å². The average molecular weight is 343 g/mol. The number of amides is 1. The van der Waals surface area contributed by atoms with Crippen LogP contribution in [0.15, 0.2) is 59.5 Å². The summed E-state index contributed by atoms with van der Waals surface area (Å²) in [7, 11) is 0. The molecular weight excluding hydrogens is 328 g/mol. The molecule has 24 heavy (non-hydrogen) atoms. The molecule has 0 bridgehead atoms. The lowest BCUT2D eigenvalue weighted by Crippen LogP contribution is -2.23. The molecule has 0 aliphatic carbocycles. The molecule has 0 fully saturated rings. The maximum atomic E-state index is 12.1. The molecule has 0 saturated heterocycles. The number of carbonyl (C=O) groups is 1. The normalized spacial score (nSPS) is 10.4. The van der Waals surface area contributed by atoms with E-state index >= 15 is 0 Å². The molecule has 2 heterocycles. The lowest BCUT2D eigenvalue weighted by molar-refractivity contribution is 0.0950. The first-order valence-electron chi connectivity index (χ1n) is 7.32. The smallest absolute Gasteiger partial charge is 0.254 e. The molecule has 3 rings (SSSR count). The predicted octanol–water partition coefficient (Wildman–Crippen LogP) is 3.27. The zero-order chi connectivity index (χ0) is 16.8. The van der Waals surface area contributed by atoms with E-state index < -0.39 is 0 Å². The number of benzene rings is 1. The summed E-state index contributed by atoms with van der Waals surface area (Å²) in [5.41, 5.74) is 1.23. The van der Waals surface area contributed by atoms with E-state index in [1.165, 1.54) is 12.4 Å². The highest BCUT2D eigenvalue weighted by Gasteiger charge is 2.08. The van der Waals surface area contributed by atoms with Crippen LogP contribution in [0.5, 0.6) is 0 Å². The van der Waals surface area contributed by atoms with Crippen molar-refractivity contribution in [3.8, 4) is 0 Å². The fourth-order valence-electron chi connectivity index (χ4n) is 2.04. The van der Waals surface area contributed by atoms with Gasteiger partial charge in [0.1, 0.15) is 5.76 Å². The van der Waals surface area contributed by atoms with Crippen LogP contribution < -0.4 is 10.6 Å². The lowest BCUT2D eigenvalue weighted by atomic mass is 10.2. The highest BCUT2D eigenvalue weighted by Crippen LogP contribution is 2.14. The minimum atomic E-state index is -0.257. The van der Waals surface area contributed by atoms with E-state index in [1.54, 1.807) is 12.3 Å². The number of hydrogen-bond donors (Lipinski definition) is 2. The standard InChI is InChI=1S/C17H15ClN4O2/c18-15-6-2-1-4-12(15)8-19-16(23)13-9-20-17(21-10-13)22-11-14-5-3-7-24-14/h1-7,9-10H,8,11H2,(H,19,23)(H,20,21,22). The van der Waals surface area contributed by atoms with Crippen LogP contribution in [0.2, 0.25) is 5.02 Å². The first-order valence-corrected chi connectivity index (χ1v) is 7.70. The third kappa shape index (κ3) is 4.11. The average Bonchev–Trinajstić information content (AvgIpc) is 3.13.